The van der Waals surface area contributed by atoms with E-state index >= 15 is 0 Å². The second kappa shape index (κ2) is 7.82. The van der Waals surface area contributed by atoms with E-state index in [1.807, 2.05) is 30.3 Å². The van der Waals surface area contributed by atoms with E-state index in [0.29, 0.717) is 15.7 Å². The molecule has 0 aliphatic rings. The van der Waals surface area contributed by atoms with Gasteiger partial charge in [0, 0.05) is 5.02 Å². The quantitative estimate of drug-likeness (QED) is 0.651. The van der Waals surface area contributed by atoms with E-state index in [1.165, 1.54) is 6.21 Å². The van der Waals surface area contributed by atoms with Gasteiger partial charge in [0.05, 0.1) is 16.9 Å². The Hall–Kier alpha value is -2.04. The summed E-state index contributed by atoms with van der Waals surface area (Å²) in [4.78, 5) is 17.1. The summed E-state index contributed by atoms with van der Waals surface area (Å²) in [5.41, 5.74) is 1.31. The van der Waals surface area contributed by atoms with Gasteiger partial charge in [0.15, 0.2) is 0 Å². The smallest absolute Gasteiger partial charge is 0.268 e. The second-order valence-electron chi connectivity index (χ2n) is 4.51. The van der Waals surface area contributed by atoms with E-state index in [1.54, 1.807) is 25.1 Å². The van der Waals surface area contributed by atoms with Crippen LogP contribution in [0.15, 0.2) is 53.7 Å². The zero-order valence-electron chi connectivity index (χ0n) is 11.8. The predicted octanol–water partition coefficient (Wildman–Crippen LogP) is 4.37. The Labute approximate surface area is 138 Å². The summed E-state index contributed by atoms with van der Waals surface area (Å²) >= 11 is 11.9. The molecule has 0 radical (unpaired) electrons. The topological polar surface area (TPSA) is 50.7 Å². The first-order chi connectivity index (χ1) is 10.6. The number of nitrogens with one attached hydrogen (secondary N) is 1. The van der Waals surface area contributed by atoms with Gasteiger partial charge in [-0.2, -0.15) is 0 Å². The summed E-state index contributed by atoms with van der Waals surface area (Å²) in [6, 6.07) is 14.3. The molecule has 4 nitrogen and oxygen atoms in total. The van der Waals surface area contributed by atoms with Crippen LogP contribution in [0.2, 0.25) is 10.0 Å². The zero-order valence-corrected chi connectivity index (χ0v) is 13.3. The summed E-state index contributed by atoms with van der Waals surface area (Å²) in [7, 11) is 0. The molecule has 0 fully saturated rings. The van der Waals surface area contributed by atoms with Crippen LogP contribution >= 0.6 is 23.2 Å². The zero-order chi connectivity index (χ0) is 15.9. The van der Waals surface area contributed by atoms with Crippen molar-refractivity contribution in [3.63, 3.8) is 0 Å². The van der Waals surface area contributed by atoms with Crippen molar-refractivity contribution >= 4 is 41.0 Å². The van der Waals surface area contributed by atoms with Crippen LogP contribution in [-0.4, -0.2) is 18.2 Å². The Bertz CT molecular complexity index is 675. The average Bonchev–Trinajstić information content (AvgIpc) is 2.52. The van der Waals surface area contributed by atoms with E-state index in [2.05, 4.69) is 10.5 Å². The predicted molar refractivity (Wildman–Crippen MR) is 89.7 cm³/mol. The molecule has 22 heavy (non-hydrogen) atoms. The lowest BCUT2D eigenvalue weighted by atomic mass is 10.2. The van der Waals surface area contributed by atoms with Gasteiger partial charge in [-0.1, -0.05) is 58.7 Å². The molecule has 6 heteroatoms. The van der Waals surface area contributed by atoms with Crippen LogP contribution in [0.1, 0.15) is 12.5 Å². The number of nitrogens with zero attached hydrogens (tertiary/aromatic N) is 1. The fraction of sp³-hybridized carbons (Fsp3) is 0.125. The SMILES string of the molecule is C[C@H](O/N=C\c1ccccc1)C(=O)Nc1cc(Cl)ccc1Cl. The molecular formula is C16H14Cl2N2O2. The molecule has 2 rings (SSSR count). The first kappa shape index (κ1) is 16.3. The molecule has 114 valence electrons. The molecule has 0 saturated carbocycles. The number of anilines is 1. The van der Waals surface area contributed by atoms with Gasteiger partial charge in [0.25, 0.3) is 5.91 Å². The number of oxime groups is 1. The normalized spacial score (nSPS) is 12.1. The van der Waals surface area contributed by atoms with Crippen LogP contribution in [0.4, 0.5) is 5.69 Å². The highest BCUT2D eigenvalue weighted by molar-refractivity contribution is 6.35. The van der Waals surface area contributed by atoms with Gasteiger partial charge in [-0.05, 0) is 30.7 Å². The van der Waals surface area contributed by atoms with Crippen LogP contribution in [0, 0.1) is 0 Å². The molecule has 0 aliphatic carbocycles. The van der Waals surface area contributed by atoms with Crippen LogP contribution in [0.25, 0.3) is 0 Å². The first-order valence-electron chi connectivity index (χ1n) is 6.56. The highest BCUT2D eigenvalue weighted by atomic mass is 35.5. The molecule has 0 unspecified atom stereocenters. The molecule has 1 amide bonds. The van der Waals surface area contributed by atoms with E-state index < -0.39 is 6.10 Å². The summed E-state index contributed by atoms with van der Waals surface area (Å²) in [6.45, 7) is 1.59. The van der Waals surface area contributed by atoms with Crippen LogP contribution < -0.4 is 5.32 Å². The van der Waals surface area contributed by atoms with Gasteiger partial charge < -0.3 is 10.2 Å². The third-order valence-corrected chi connectivity index (χ3v) is 3.34. The van der Waals surface area contributed by atoms with E-state index in [-0.39, 0.29) is 5.91 Å². The van der Waals surface area contributed by atoms with Gasteiger partial charge in [-0.3, -0.25) is 4.79 Å². The van der Waals surface area contributed by atoms with Crippen molar-refractivity contribution in [2.75, 3.05) is 5.32 Å². The number of halogens is 2. The summed E-state index contributed by atoms with van der Waals surface area (Å²) in [5, 5.41) is 7.33. The molecular weight excluding hydrogens is 323 g/mol. The number of rotatable bonds is 5. The number of hydrogen-bond donors (Lipinski definition) is 1. The highest BCUT2D eigenvalue weighted by Gasteiger charge is 2.15. The Morgan fingerprint density at radius 2 is 1.95 bits per heavy atom. The number of hydrogen-bond acceptors (Lipinski definition) is 3. The minimum absolute atomic E-state index is 0.366. The minimum atomic E-state index is -0.769. The maximum atomic E-state index is 12.0. The van der Waals surface area contributed by atoms with Crippen molar-refractivity contribution in [1.29, 1.82) is 0 Å². The van der Waals surface area contributed by atoms with Crippen LogP contribution in [0.5, 0.6) is 0 Å². The van der Waals surface area contributed by atoms with Crippen molar-refractivity contribution in [3.8, 4) is 0 Å². The lowest BCUT2D eigenvalue weighted by molar-refractivity contribution is -0.126. The van der Waals surface area contributed by atoms with Crippen molar-refractivity contribution in [2.24, 2.45) is 5.16 Å². The number of carbonyl (C=O) groups is 1. The van der Waals surface area contributed by atoms with Crippen molar-refractivity contribution in [3.05, 3.63) is 64.1 Å². The fourth-order valence-electron chi connectivity index (χ4n) is 1.60. The average molecular weight is 337 g/mol. The number of carbonyl (C=O) groups excluding carboxylic acids is 1. The standard InChI is InChI=1S/C16H14Cl2N2O2/c1-11(22-19-10-12-5-3-2-4-6-12)16(21)20-15-9-13(17)7-8-14(15)18/h2-11H,1H3,(H,20,21)/b19-10-/t11-/m0/s1. The Balaban J connectivity index is 1.92. The monoisotopic (exact) mass is 336 g/mol. The number of amides is 1. The van der Waals surface area contributed by atoms with E-state index in [9.17, 15) is 4.79 Å². The fourth-order valence-corrected chi connectivity index (χ4v) is 1.93. The summed E-state index contributed by atoms with van der Waals surface area (Å²) in [6.07, 6.45) is 0.769. The Kier molecular flexibility index (Phi) is 5.81. The van der Waals surface area contributed by atoms with Gasteiger partial charge >= 0.3 is 0 Å². The molecule has 1 atom stereocenters. The minimum Gasteiger partial charge on any atom is -0.383 e. The molecule has 2 aromatic carbocycles. The summed E-state index contributed by atoms with van der Waals surface area (Å²) in [5.74, 6) is -0.366. The lowest BCUT2D eigenvalue weighted by Gasteiger charge is -2.11. The van der Waals surface area contributed by atoms with Crippen molar-refractivity contribution in [2.45, 2.75) is 13.0 Å². The number of benzene rings is 2. The molecule has 0 aliphatic heterocycles. The largest absolute Gasteiger partial charge is 0.383 e. The Morgan fingerprint density at radius 1 is 1.23 bits per heavy atom. The van der Waals surface area contributed by atoms with Gasteiger partial charge in [0.1, 0.15) is 0 Å². The summed E-state index contributed by atoms with van der Waals surface area (Å²) < 4.78 is 0. The maximum Gasteiger partial charge on any atom is 0.268 e. The van der Waals surface area contributed by atoms with E-state index in [0.717, 1.165) is 5.56 Å². The molecule has 0 spiro atoms. The highest BCUT2D eigenvalue weighted by Crippen LogP contribution is 2.25. The molecule has 2 aromatic rings. The van der Waals surface area contributed by atoms with Gasteiger partial charge in [0.2, 0.25) is 6.10 Å². The Morgan fingerprint density at radius 3 is 2.68 bits per heavy atom. The first-order valence-corrected chi connectivity index (χ1v) is 7.32. The van der Waals surface area contributed by atoms with Crippen molar-refractivity contribution in [1.82, 2.24) is 0 Å². The second-order valence-corrected chi connectivity index (χ2v) is 5.35. The molecule has 1 N–H and O–H groups in total. The van der Waals surface area contributed by atoms with Gasteiger partial charge in [-0.15, -0.1) is 0 Å². The van der Waals surface area contributed by atoms with Gasteiger partial charge in [-0.25, -0.2) is 0 Å². The lowest BCUT2D eigenvalue weighted by Crippen LogP contribution is -2.26. The van der Waals surface area contributed by atoms with Crippen molar-refractivity contribution < 1.29 is 9.63 Å². The molecule has 0 saturated heterocycles. The molecule has 0 heterocycles. The van der Waals surface area contributed by atoms with Crippen LogP contribution in [-0.2, 0) is 9.63 Å². The maximum absolute atomic E-state index is 12.0. The third kappa shape index (κ3) is 4.76. The molecule has 0 bridgehead atoms. The van der Waals surface area contributed by atoms with E-state index in [4.69, 9.17) is 28.0 Å². The molecule has 0 aromatic heterocycles. The third-order valence-electron chi connectivity index (χ3n) is 2.78. The van der Waals surface area contributed by atoms with Crippen LogP contribution in [0.3, 0.4) is 0 Å².